The van der Waals surface area contributed by atoms with Crippen molar-refractivity contribution in [1.29, 1.82) is 0 Å². The number of phenols is 2. The third kappa shape index (κ3) is 8.48. The van der Waals surface area contributed by atoms with Gasteiger partial charge in [0.05, 0.1) is 23.4 Å². The van der Waals surface area contributed by atoms with E-state index in [0.717, 1.165) is 92.5 Å². The number of benzene rings is 3. The van der Waals surface area contributed by atoms with Crippen LogP contribution < -0.4 is 0 Å². The molecule has 15 heteroatoms. The van der Waals surface area contributed by atoms with Crippen molar-refractivity contribution in [3.63, 3.8) is 0 Å². The largest absolute Gasteiger partial charge is 0.508 e. The summed E-state index contributed by atoms with van der Waals surface area (Å²) < 4.78 is 3.62. The zero-order valence-electron chi connectivity index (χ0n) is 36.4. The van der Waals surface area contributed by atoms with Crippen LogP contribution in [0.15, 0.2) is 65.7 Å². The molecule has 2 fully saturated rings. The fourth-order valence-electron chi connectivity index (χ4n) is 9.57. The van der Waals surface area contributed by atoms with E-state index in [1.807, 2.05) is 62.1 Å². The molecule has 2 saturated heterocycles. The Labute approximate surface area is 376 Å². The maximum Gasteiger partial charge on any atom is 0.319 e. The zero-order valence-corrected chi connectivity index (χ0v) is 38.0. The predicted molar refractivity (Wildman–Crippen MR) is 246 cm³/mol. The number of hydrogen-bond acceptors (Lipinski definition) is 11. The van der Waals surface area contributed by atoms with E-state index in [9.17, 15) is 20.1 Å². The second kappa shape index (κ2) is 17.5. The van der Waals surface area contributed by atoms with Crippen LogP contribution in [0.2, 0.25) is 5.02 Å². The minimum atomic E-state index is -0.471. The highest BCUT2D eigenvalue weighted by molar-refractivity contribution is 7.15. The molecule has 1 atom stereocenters. The van der Waals surface area contributed by atoms with E-state index in [-0.39, 0.29) is 35.8 Å². The monoisotopic (exact) mass is 887 g/mol. The van der Waals surface area contributed by atoms with Gasteiger partial charge in [-0.15, -0.1) is 26.6 Å². The van der Waals surface area contributed by atoms with E-state index in [1.54, 1.807) is 17.4 Å². The standard InChI is InChI=1S/C48H54ClN9O4S/c1-27(2)37-23-38(41(60)25-40(37)59)45-52-54-48(62)58(45)36-12-6-31(7-13-36)22-32-14-18-55(19-15-32)26-33-16-20-56(21-17-33)42(61)24-39-46-53-51-30(5)57(46)47-43(28(3)29(4)63-47)44(50-39)34-8-10-35(49)11-9-34/h6-13,23,25,27,32-33,39,59-60H,14-22,24,26H2,1-5H3,(H,54,62)/t39-/m0/s1. The average molecular weight is 889 g/mol. The van der Waals surface area contributed by atoms with Gasteiger partial charge in [0.2, 0.25) is 5.91 Å². The summed E-state index contributed by atoms with van der Waals surface area (Å²) >= 11 is 8.01. The van der Waals surface area contributed by atoms with Gasteiger partial charge in [-0.2, -0.15) is 0 Å². The molecular weight excluding hydrogens is 834 g/mol. The molecular formula is C48H54ClN9O4S. The molecule has 9 rings (SSSR count). The van der Waals surface area contributed by atoms with Crippen molar-refractivity contribution in [2.45, 2.75) is 85.1 Å². The Balaban J connectivity index is 0.788. The number of amides is 1. The molecule has 0 radical (unpaired) electrons. The lowest BCUT2D eigenvalue weighted by Crippen LogP contribution is -2.43. The number of phenolic OH excluding ortho intramolecular Hbond substituents is 2. The highest BCUT2D eigenvalue weighted by Gasteiger charge is 2.35. The fourth-order valence-corrected chi connectivity index (χ4v) is 10.9. The van der Waals surface area contributed by atoms with Crippen LogP contribution in [0.5, 0.6) is 17.5 Å². The molecule has 3 N–H and O–H groups in total. The van der Waals surface area contributed by atoms with E-state index in [4.69, 9.17) is 16.6 Å². The number of likely N-dealkylation sites (tertiary alicyclic amines) is 2. The number of hydrogen-bond donors (Lipinski definition) is 3. The number of fused-ring (bicyclic) bond motifs is 3. The molecule has 0 bridgehead atoms. The number of rotatable bonds is 10. The minimum absolute atomic E-state index is 0.0135. The Morgan fingerprint density at radius 1 is 0.825 bits per heavy atom. The average Bonchev–Trinajstić information content (AvgIpc) is 3.91. The van der Waals surface area contributed by atoms with Crippen molar-refractivity contribution < 1.29 is 20.1 Å². The lowest BCUT2D eigenvalue weighted by Gasteiger charge is -2.38. The number of aryl methyl sites for hydroxylation is 2. The van der Waals surface area contributed by atoms with Gasteiger partial charge in [0, 0.05) is 46.7 Å². The van der Waals surface area contributed by atoms with Crippen molar-refractivity contribution >= 4 is 34.6 Å². The zero-order chi connectivity index (χ0) is 44.1. The molecule has 0 saturated carbocycles. The molecule has 6 aromatic rings. The Kier molecular flexibility index (Phi) is 11.9. The summed E-state index contributed by atoms with van der Waals surface area (Å²) in [4.78, 5) is 25.2. The summed E-state index contributed by atoms with van der Waals surface area (Å²) in [7, 11) is 0. The number of aliphatic imine (C=N–C) groups is 1. The van der Waals surface area contributed by atoms with E-state index in [1.165, 1.54) is 26.6 Å². The molecule has 3 aliphatic heterocycles. The molecule has 1 amide bonds. The van der Waals surface area contributed by atoms with Crippen LogP contribution in [0, 0.1) is 32.6 Å². The highest BCUT2D eigenvalue weighted by Crippen LogP contribution is 2.41. The normalized spacial score (nSPS) is 17.5. The quantitative estimate of drug-likeness (QED) is 0.122. The first-order valence-corrected chi connectivity index (χ1v) is 23.2. The number of carbonyl (C=O) groups is 1. The van der Waals surface area contributed by atoms with E-state index in [2.05, 4.69) is 55.8 Å². The van der Waals surface area contributed by atoms with Crippen LogP contribution in [0.4, 0.5) is 0 Å². The van der Waals surface area contributed by atoms with Crippen LogP contribution in [0.3, 0.4) is 0 Å². The van der Waals surface area contributed by atoms with Crippen molar-refractivity contribution in [1.82, 2.24) is 39.3 Å². The number of thiophene rings is 1. The molecule has 3 aromatic carbocycles. The second-order valence-electron chi connectivity index (χ2n) is 17.8. The van der Waals surface area contributed by atoms with Crippen LogP contribution in [0.1, 0.15) is 102 Å². The predicted octanol–water partition coefficient (Wildman–Crippen LogP) is 8.87. The van der Waals surface area contributed by atoms with E-state index >= 15 is 0 Å². The van der Waals surface area contributed by atoms with Gasteiger partial charge in [-0.1, -0.05) is 54.8 Å². The Hall–Kier alpha value is -5.57. The van der Waals surface area contributed by atoms with Gasteiger partial charge in [0.15, 0.2) is 11.6 Å². The van der Waals surface area contributed by atoms with Crippen molar-refractivity contribution in [3.05, 3.63) is 110 Å². The first kappa shape index (κ1) is 42.7. The smallest absolute Gasteiger partial charge is 0.319 e. The maximum atomic E-state index is 14.1. The maximum absolute atomic E-state index is 14.1. The van der Waals surface area contributed by atoms with Crippen molar-refractivity contribution in [3.8, 4) is 39.6 Å². The van der Waals surface area contributed by atoms with Gasteiger partial charge < -0.3 is 25.1 Å². The number of piperidine rings is 2. The van der Waals surface area contributed by atoms with Crippen molar-refractivity contribution in [2.75, 3.05) is 32.7 Å². The van der Waals surface area contributed by atoms with Crippen molar-refractivity contribution in [2.24, 2.45) is 16.8 Å². The van der Waals surface area contributed by atoms with Crippen LogP contribution >= 0.6 is 22.9 Å². The Morgan fingerprint density at radius 3 is 2.22 bits per heavy atom. The van der Waals surface area contributed by atoms with Gasteiger partial charge in [0.1, 0.15) is 28.4 Å². The lowest BCUT2D eigenvalue weighted by atomic mass is 9.89. The first-order valence-electron chi connectivity index (χ1n) is 22.0. The Morgan fingerprint density at radius 2 is 1.52 bits per heavy atom. The number of aromatic nitrogens is 6. The molecule has 13 nitrogen and oxygen atoms in total. The third-order valence-electron chi connectivity index (χ3n) is 13.3. The summed E-state index contributed by atoms with van der Waals surface area (Å²) in [6.07, 6.45) is 5.44. The van der Waals surface area contributed by atoms with Gasteiger partial charge in [-0.3, -0.25) is 14.4 Å². The number of aromatic hydroxyl groups is 3. The summed E-state index contributed by atoms with van der Waals surface area (Å²) in [5, 5.41) is 50.6. The molecule has 328 valence electrons. The van der Waals surface area contributed by atoms with Crippen LogP contribution in [-0.2, 0) is 11.2 Å². The minimum Gasteiger partial charge on any atom is -0.508 e. The lowest BCUT2D eigenvalue weighted by molar-refractivity contribution is -0.133. The molecule has 0 unspecified atom stereocenters. The third-order valence-corrected chi connectivity index (χ3v) is 14.7. The topological polar surface area (TPSA) is 158 Å². The molecule has 6 heterocycles. The molecule has 0 aliphatic carbocycles. The summed E-state index contributed by atoms with van der Waals surface area (Å²) in [5.41, 5.74) is 7.02. The number of nitrogens with zero attached hydrogens (tertiary/aromatic N) is 9. The first-order chi connectivity index (χ1) is 30.3. The summed E-state index contributed by atoms with van der Waals surface area (Å²) in [6.45, 7) is 14.8. The molecule has 63 heavy (non-hydrogen) atoms. The van der Waals surface area contributed by atoms with Crippen LogP contribution in [-0.4, -0.2) is 99.0 Å². The van der Waals surface area contributed by atoms with Gasteiger partial charge in [-0.05, 0) is 131 Å². The number of carbonyl (C=O) groups excluding carboxylic acids is 1. The Bertz CT molecular complexity index is 2670. The van der Waals surface area contributed by atoms with E-state index in [0.29, 0.717) is 45.3 Å². The summed E-state index contributed by atoms with van der Waals surface area (Å²) in [6, 6.07) is 18.1. The molecule has 3 aromatic heterocycles. The van der Waals surface area contributed by atoms with E-state index < -0.39 is 6.04 Å². The number of halogens is 1. The molecule has 0 spiro atoms. The highest BCUT2D eigenvalue weighted by atomic mass is 35.5. The van der Waals surface area contributed by atoms with Gasteiger partial charge in [-0.25, -0.2) is 4.57 Å². The SMILES string of the molecule is Cc1sc2c(c1C)C(c1ccc(Cl)cc1)=N[C@@H](CC(=O)N1CCC(CN3CCC(Cc4ccc(-n5c(O)nnc5-c5cc(C(C)C)c(O)cc5O)cc4)CC3)CC1)c1nnc(C)n1-2. The van der Waals surface area contributed by atoms with Gasteiger partial charge in [0.25, 0.3) is 0 Å². The van der Waals surface area contributed by atoms with Crippen LogP contribution in [0.25, 0.3) is 22.1 Å². The fraction of sp³-hybridized carbons (Fsp3) is 0.417. The summed E-state index contributed by atoms with van der Waals surface area (Å²) in [5.74, 6) is 2.92. The second-order valence-corrected chi connectivity index (χ2v) is 19.4. The van der Waals surface area contributed by atoms with Gasteiger partial charge >= 0.3 is 6.01 Å². The molecule has 3 aliphatic rings.